The lowest BCUT2D eigenvalue weighted by Gasteiger charge is -2.02. The van der Waals surface area contributed by atoms with Gasteiger partial charge in [-0.1, -0.05) is 42.5 Å². The Morgan fingerprint density at radius 1 is 1.00 bits per heavy atom. The number of amides is 1. The van der Waals surface area contributed by atoms with Crippen molar-refractivity contribution in [3.8, 4) is 17.3 Å². The summed E-state index contributed by atoms with van der Waals surface area (Å²) in [7, 11) is 0. The van der Waals surface area contributed by atoms with Gasteiger partial charge in [0.25, 0.3) is 5.91 Å². The molecule has 3 aromatic carbocycles. The molecule has 0 saturated heterocycles. The first-order chi connectivity index (χ1) is 12.7. The fourth-order valence-electron chi connectivity index (χ4n) is 2.71. The molecule has 0 saturated carbocycles. The Morgan fingerprint density at radius 3 is 2.69 bits per heavy atom. The van der Waals surface area contributed by atoms with Crippen molar-refractivity contribution in [3.05, 3.63) is 83.2 Å². The van der Waals surface area contributed by atoms with Gasteiger partial charge in [0.15, 0.2) is 5.13 Å². The first-order valence-corrected chi connectivity index (χ1v) is 8.87. The summed E-state index contributed by atoms with van der Waals surface area (Å²) in [4.78, 5) is 16.9. The molecule has 26 heavy (non-hydrogen) atoms. The van der Waals surface area contributed by atoms with Gasteiger partial charge in [-0.15, -0.1) is 11.3 Å². The molecule has 0 radical (unpaired) electrons. The zero-order valence-electron chi connectivity index (χ0n) is 13.6. The van der Waals surface area contributed by atoms with Gasteiger partial charge >= 0.3 is 0 Å². The average molecular weight is 355 g/mol. The predicted octanol–water partition coefficient (Wildman–Crippen LogP) is 5.09. The van der Waals surface area contributed by atoms with Crippen LogP contribution >= 0.6 is 11.3 Å². The van der Waals surface area contributed by atoms with Gasteiger partial charge in [-0.3, -0.25) is 10.1 Å². The van der Waals surface area contributed by atoms with Crippen molar-refractivity contribution >= 4 is 33.1 Å². The summed E-state index contributed by atoms with van der Waals surface area (Å²) in [6.45, 7) is 0. The number of hydrogen-bond donors (Lipinski definition) is 1. The molecule has 1 N–H and O–H groups in total. The number of carbonyl (C=O) groups is 1. The normalized spacial score (nSPS) is 10.4. The number of nitrogens with zero attached hydrogens (tertiary/aromatic N) is 2. The summed E-state index contributed by atoms with van der Waals surface area (Å²) in [6.07, 6.45) is 0. The van der Waals surface area contributed by atoms with Gasteiger partial charge in [0.2, 0.25) is 0 Å². The molecule has 1 aromatic heterocycles. The van der Waals surface area contributed by atoms with Gasteiger partial charge in [-0.2, -0.15) is 5.26 Å². The minimum absolute atomic E-state index is 0.276. The summed E-state index contributed by atoms with van der Waals surface area (Å²) in [6, 6.07) is 23.0. The standard InChI is InChI=1S/C21H13N3OS/c22-12-14-4-3-7-18(10-14)20(25)24-21-23-19(13-26-21)17-9-8-15-5-1-2-6-16(15)11-17/h1-11,13H,(H,23,24,25). The first kappa shape index (κ1) is 16.0. The van der Waals surface area contributed by atoms with Crippen LogP contribution in [0.5, 0.6) is 0 Å². The van der Waals surface area contributed by atoms with E-state index in [0.717, 1.165) is 16.6 Å². The van der Waals surface area contributed by atoms with Crippen molar-refractivity contribution in [2.45, 2.75) is 0 Å². The number of fused-ring (bicyclic) bond motifs is 1. The van der Waals surface area contributed by atoms with E-state index in [-0.39, 0.29) is 5.91 Å². The molecule has 0 unspecified atom stereocenters. The van der Waals surface area contributed by atoms with Gasteiger partial charge in [-0.25, -0.2) is 4.98 Å². The number of thiazole rings is 1. The third-order valence-electron chi connectivity index (χ3n) is 4.02. The Labute approximate surface area is 154 Å². The van der Waals surface area contributed by atoms with Gasteiger partial charge in [0.1, 0.15) is 0 Å². The molecule has 0 aliphatic heterocycles. The largest absolute Gasteiger partial charge is 0.298 e. The second-order valence-electron chi connectivity index (χ2n) is 5.75. The Balaban J connectivity index is 1.57. The number of carbonyl (C=O) groups excluding carboxylic acids is 1. The summed E-state index contributed by atoms with van der Waals surface area (Å²) in [5.41, 5.74) is 2.72. The molecule has 0 aliphatic carbocycles. The smallest absolute Gasteiger partial charge is 0.257 e. The number of hydrogen-bond acceptors (Lipinski definition) is 4. The van der Waals surface area contributed by atoms with Crippen molar-refractivity contribution in [1.82, 2.24) is 4.98 Å². The minimum Gasteiger partial charge on any atom is -0.298 e. The molecule has 0 aliphatic rings. The molecule has 4 rings (SSSR count). The van der Waals surface area contributed by atoms with E-state index < -0.39 is 0 Å². The number of aromatic nitrogens is 1. The van der Waals surface area contributed by atoms with Crippen molar-refractivity contribution in [1.29, 1.82) is 5.26 Å². The molecular weight excluding hydrogens is 342 g/mol. The summed E-state index contributed by atoms with van der Waals surface area (Å²) >= 11 is 1.37. The molecule has 1 heterocycles. The van der Waals surface area contributed by atoms with Crippen LogP contribution in [-0.4, -0.2) is 10.9 Å². The Morgan fingerprint density at radius 2 is 1.85 bits per heavy atom. The van der Waals surface area contributed by atoms with Crippen LogP contribution in [-0.2, 0) is 0 Å². The van der Waals surface area contributed by atoms with Gasteiger partial charge in [0.05, 0.1) is 17.3 Å². The zero-order valence-corrected chi connectivity index (χ0v) is 14.5. The quantitative estimate of drug-likeness (QED) is 0.557. The lowest BCUT2D eigenvalue weighted by Crippen LogP contribution is -2.11. The van der Waals surface area contributed by atoms with E-state index >= 15 is 0 Å². The van der Waals surface area contributed by atoms with Crippen LogP contribution in [0.2, 0.25) is 0 Å². The van der Waals surface area contributed by atoms with Gasteiger partial charge in [0, 0.05) is 16.5 Å². The maximum atomic E-state index is 12.3. The molecule has 5 heteroatoms. The molecule has 0 fully saturated rings. The Hall–Kier alpha value is -3.49. The average Bonchev–Trinajstić information content (AvgIpc) is 3.16. The Kier molecular flexibility index (Phi) is 4.18. The number of nitriles is 1. The maximum Gasteiger partial charge on any atom is 0.257 e. The fraction of sp³-hybridized carbons (Fsp3) is 0. The third kappa shape index (κ3) is 3.18. The number of anilines is 1. The second kappa shape index (κ2) is 6.79. The highest BCUT2D eigenvalue weighted by Gasteiger charge is 2.11. The number of rotatable bonds is 3. The SMILES string of the molecule is N#Cc1cccc(C(=O)Nc2nc(-c3ccc4ccccc4c3)cs2)c1. The van der Waals surface area contributed by atoms with Crippen LogP contribution in [0.25, 0.3) is 22.0 Å². The van der Waals surface area contributed by atoms with Crippen LogP contribution < -0.4 is 5.32 Å². The number of nitrogens with one attached hydrogen (secondary N) is 1. The molecule has 0 spiro atoms. The van der Waals surface area contributed by atoms with E-state index in [1.165, 1.54) is 16.7 Å². The third-order valence-corrected chi connectivity index (χ3v) is 4.78. The van der Waals surface area contributed by atoms with Crippen LogP contribution in [0.15, 0.2) is 72.1 Å². The summed E-state index contributed by atoms with van der Waals surface area (Å²) in [5, 5.41) is 16.5. The predicted molar refractivity (Wildman–Crippen MR) is 104 cm³/mol. The van der Waals surface area contributed by atoms with Crippen LogP contribution in [0.3, 0.4) is 0 Å². The molecule has 1 amide bonds. The molecular formula is C21H13N3OS. The van der Waals surface area contributed by atoms with E-state index in [4.69, 9.17) is 5.26 Å². The van der Waals surface area contributed by atoms with Crippen LogP contribution in [0, 0.1) is 11.3 Å². The topological polar surface area (TPSA) is 65.8 Å². The van der Waals surface area contributed by atoms with E-state index in [1.54, 1.807) is 24.3 Å². The van der Waals surface area contributed by atoms with Crippen LogP contribution in [0.4, 0.5) is 5.13 Å². The number of benzene rings is 3. The van der Waals surface area contributed by atoms with Crippen molar-refractivity contribution in [2.75, 3.05) is 5.32 Å². The molecule has 4 aromatic rings. The Bertz CT molecular complexity index is 1160. The molecule has 124 valence electrons. The van der Waals surface area contributed by atoms with Crippen molar-refractivity contribution < 1.29 is 4.79 Å². The second-order valence-corrected chi connectivity index (χ2v) is 6.60. The lowest BCUT2D eigenvalue weighted by molar-refractivity contribution is 0.102. The highest BCUT2D eigenvalue weighted by molar-refractivity contribution is 7.14. The minimum atomic E-state index is -0.276. The summed E-state index contributed by atoms with van der Waals surface area (Å²) in [5.74, 6) is -0.276. The molecule has 0 atom stereocenters. The highest BCUT2D eigenvalue weighted by Crippen LogP contribution is 2.28. The molecule has 4 nitrogen and oxygen atoms in total. The maximum absolute atomic E-state index is 12.3. The van der Waals surface area contributed by atoms with Crippen LogP contribution in [0.1, 0.15) is 15.9 Å². The molecule has 0 bridgehead atoms. The fourth-order valence-corrected chi connectivity index (χ4v) is 3.43. The lowest BCUT2D eigenvalue weighted by atomic mass is 10.1. The van der Waals surface area contributed by atoms with Gasteiger partial charge < -0.3 is 0 Å². The monoisotopic (exact) mass is 355 g/mol. The van der Waals surface area contributed by atoms with E-state index in [9.17, 15) is 4.79 Å². The zero-order chi connectivity index (χ0) is 17.9. The van der Waals surface area contributed by atoms with Crippen molar-refractivity contribution in [2.24, 2.45) is 0 Å². The first-order valence-electron chi connectivity index (χ1n) is 7.99. The highest BCUT2D eigenvalue weighted by atomic mass is 32.1. The van der Waals surface area contributed by atoms with E-state index in [1.807, 2.05) is 29.6 Å². The van der Waals surface area contributed by atoms with Crippen molar-refractivity contribution in [3.63, 3.8) is 0 Å². The summed E-state index contributed by atoms with van der Waals surface area (Å²) < 4.78 is 0. The van der Waals surface area contributed by atoms with Gasteiger partial charge in [-0.05, 0) is 35.0 Å². The van der Waals surface area contributed by atoms with E-state index in [0.29, 0.717) is 16.3 Å². The van der Waals surface area contributed by atoms with E-state index in [2.05, 4.69) is 34.6 Å².